The molecule has 2 heterocycles. The van der Waals surface area contributed by atoms with E-state index in [4.69, 9.17) is 9.47 Å². The zero-order valence-corrected chi connectivity index (χ0v) is 10.5. The Hall–Kier alpha value is -2.56. The van der Waals surface area contributed by atoms with E-state index in [2.05, 4.69) is 9.97 Å². The minimum absolute atomic E-state index is 0.262. The summed E-state index contributed by atoms with van der Waals surface area (Å²) in [5.41, 5.74) is 2.50. The standard InChI is InChI=1S/C15H11FN2O2/c16-10-3-1-9(2-4-10)15-17-11-7-13-14(8-12(11)18-15)20-6-5-19-13/h1-4,7-8H,5-6H2,(H,17,18). The Bertz CT molecular complexity index is 737. The van der Waals surface area contributed by atoms with E-state index in [1.165, 1.54) is 12.1 Å². The number of benzene rings is 2. The third-order valence-electron chi connectivity index (χ3n) is 3.26. The van der Waals surface area contributed by atoms with Crippen LogP contribution in [0.4, 0.5) is 4.39 Å². The average Bonchev–Trinajstić information content (AvgIpc) is 2.88. The highest BCUT2D eigenvalue weighted by Gasteiger charge is 2.15. The van der Waals surface area contributed by atoms with E-state index in [-0.39, 0.29) is 5.82 Å². The molecule has 0 amide bonds. The largest absolute Gasteiger partial charge is 0.486 e. The number of hydrogen-bond donors (Lipinski definition) is 1. The number of H-pyrrole nitrogens is 1. The SMILES string of the molecule is Fc1ccc(-c2nc3cc4c(cc3[nH]2)OCCO4)cc1. The summed E-state index contributed by atoms with van der Waals surface area (Å²) in [6.07, 6.45) is 0. The van der Waals surface area contributed by atoms with E-state index in [1.54, 1.807) is 12.1 Å². The molecule has 20 heavy (non-hydrogen) atoms. The topological polar surface area (TPSA) is 47.1 Å². The Balaban J connectivity index is 1.84. The van der Waals surface area contributed by atoms with Crippen LogP contribution in [0, 0.1) is 5.82 Å². The second-order valence-corrected chi connectivity index (χ2v) is 4.61. The molecule has 4 rings (SSSR count). The van der Waals surface area contributed by atoms with Crippen LogP contribution in [0.2, 0.25) is 0 Å². The van der Waals surface area contributed by atoms with E-state index in [9.17, 15) is 4.39 Å². The molecule has 1 aliphatic heterocycles. The molecule has 1 N–H and O–H groups in total. The highest BCUT2D eigenvalue weighted by molar-refractivity contribution is 5.83. The normalized spacial score (nSPS) is 13.7. The molecule has 4 nitrogen and oxygen atoms in total. The molecule has 0 aliphatic carbocycles. The summed E-state index contributed by atoms with van der Waals surface area (Å²) in [4.78, 5) is 7.72. The van der Waals surface area contributed by atoms with Crippen molar-refractivity contribution in [2.75, 3.05) is 13.2 Å². The molecule has 0 radical (unpaired) electrons. The van der Waals surface area contributed by atoms with Crippen LogP contribution in [0.1, 0.15) is 0 Å². The molecule has 1 aliphatic rings. The molecule has 0 bridgehead atoms. The first-order chi connectivity index (χ1) is 9.79. The Kier molecular flexibility index (Phi) is 2.39. The summed E-state index contributed by atoms with van der Waals surface area (Å²) < 4.78 is 24.0. The van der Waals surface area contributed by atoms with Crippen molar-refractivity contribution < 1.29 is 13.9 Å². The zero-order chi connectivity index (χ0) is 13.5. The number of aromatic amines is 1. The van der Waals surface area contributed by atoms with Gasteiger partial charge in [0.1, 0.15) is 24.9 Å². The quantitative estimate of drug-likeness (QED) is 0.739. The van der Waals surface area contributed by atoms with Gasteiger partial charge in [-0.1, -0.05) is 0 Å². The van der Waals surface area contributed by atoms with Crippen molar-refractivity contribution in [2.24, 2.45) is 0 Å². The lowest BCUT2D eigenvalue weighted by Crippen LogP contribution is -2.15. The lowest BCUT2D eigenvalue weighted by molar-refractivity contribution is 0.172. The molecule has 2 aromatic carbocycles. The molecule has 0 saturated heterocycles. The van der Waals surface area contributed by atoms with E-state index in [0.717, 1.165) is 22.3 Å². The Morgan fingerprint density at radius 1 is 1.00 bits per heavy atom. The van der Waals surface area contributed by atoms with Crippen molar-refractivity contribution in [3.8, 4) is 22.9 Å². The predicted octanol–water partition coefficient (Wildman–Crippen LogP) is 3.14. The first-order valence-electron chi connectivity index (χ1n) is 6.35. The van der Waals surface area contributed by atoms with E-state index in [1.807, 2.05) is 12.1 Å². The second kappa shape index (κ2) is 4.23. The third-order valence-corrected chi connectivity index (χ3v) is 3.26. The number of aromatic nitrogens is 2. The number of halogens is 1. The van der Waals surface area contributed by atoms with Crippen LogP contribution in [-0.2, 0) is 0 Å². The van der Waals surface area contributed by atoms with Crippen LogP contribution in [0.25, 0.3) is 22.4 Å². The Morgan fingerprint density at radius 2 is 1.70 bits per heavy atom. The van der Waals surface area contributed by atoms with Gasteiger partial charge in [0.05, 0.1) is 11.0 Å². The summed E-state index contributed by atoms with van der Waals surface area (Å²) in [6.45, 7) is 1.10. The van der Waals surface area contributed by atoms with Gasteiger partial charge in [-0.3, -0.25) is 0 Å². The molecular formula is C15H11FN2O2. The minimum Gasteiger partial charge on any atom is -0.486 e. The van der Waals surface area contributed by atoms with Gasteiger partial charge >= 0.3 is 0 Å². The molecule has 0 spiro atoms. The number of hydrogen-bond acceptors (Lipinski definition) is 3. The van der Waals surface area contributed by atoms with Crippen LogP contribution < -0.4 is 9.47 Å². The number of nitrogens with one attached hydrogen (secondary N) is 1. The number of imidazole rings is 1. The fraction of sp³-hybridized carbons (Fsp3) is 0.133. The maximum atomic E-state index is 12.9. The Labute approximate surface area is 114 Å². The summed E-state index contributed by atoms with van der Waals surface area (Å²) in [5, 5.41) is 0. The molecule has 0 fully saturated rings. The van der Waals surface area contributed by atoms with Gasteiger partial charge in [0.15, 0.2) is 11.5 Å². The molecule has 1 aromatic heterocycles. The van der Waals surface area contributed by atoms with Gasteiger partial charge in [-0.15, -0.1) is 0 Å². The molecule has 0 atom stereocenters. The smallest absolute Gasteiger partial charge is 0.163 e. The third kappa shape index (κ3) is 1.79. The first kappa shape index (κ1) is 11.3. The molecule has 3 aromatic rings. The fourth-order valence-corrected chi connectivity index (χ4v) is 2.29. The van der Waals surface area contributed by atoms with Crippen LogP contribution in [0.5, 0.6) is 11.5 Å². The second-order valence-electron chi connectivity index (χ2n) is 4.61. The van der Waals surface area contributed by atoms with Gasteiger partial charge in [0.25, 0.3) is 0 Å². The number of fused-ring (bicyclic) bond motifs is 2. The molecule has 0 saturated carbocycles. The van der Waals surface area contributed by atoms with Gasteiger partial charge in [-0.2, -0.15) is 0 Å². The predicted molar refractivity (Wildman–Crippen MR) is 72.5 cm³/mol. The number of ether oxygens (including phenoxy) is 2. The maximum Gasteiger partial charge on any atom is 0.163 e. The first-order valence-corrected chi connectivity index (χ1v) is 6.35. The van der Waals surface area contributed by atoms with E-state index >= 15 is 0 Å². The van der Waals surface area contributed by atoms with E-state index < -0.39 is 0 Å². The highest BCUT2D eigenvalue weighted by atomic mass is 19.1. The molecule has 5 heteroatoms. The van der Waals surface area contributed by atoms with Crippen molar-refractivity contribution in [1.29, 1.82) is 0 Å². The minimum atomic E-state index is -0.262. The number of rotatable bonds is 1. The summed E-state index contributed by atoms with van der Waals surface area (Å²) in [7, 11) is 0. The van der Waals surface area contributed by atoms with E-state index in [0.29, 0.717) is 24.8 Å². The lowest BCUT2D eigenvalue weighted by atomic mass is 10.2. The van der Waals surface area contributed by atoms with Crippen molar-refractivity contribution in [1.82, 2.24) is 9.97 Å². The maximum absolute atomic E-state index is 12.9. The summed E-state index contributed by atoms with van der Waals surface area (Å²) >= 11 is 0. The van der Waals surface area contributed by atoms with Gasteiger partial charge < -0.3 is 14.5 Å². The average molecular weight is 270 g/mol. The van der Waals surface area contributed by atoms with Crippen LogP contribution in [0.15, 0.2) is 36.4 Å². The Morgan fingerprint density at radius 3 is 2.45 bits per heavy atom. The van der Waals surface area contributed by atoms with Gasteiger partial charge in [-0.25, -0.2) is 9.37 Å². The summed E-state index contributed by atoms with van der Waals surface area (Å²) in [6, 6.07) is 9.96. The van der Waals surface area contributed by atoms with Gasteiger partial charge in [0.2, 0.25) is 0 Å². The van der Waals surface area contributed by atoms with Crippen LogP contribution in [-0.4, -0.2) is 23.2 Å². The van der Waals surface area contributed by atoms with Crippen molar-refractivity contribution in [3.05, 3.63) is 42.2 Å². The molecule has 0 unspecified atom stereocenters. The van der Waals surface area contributed by atoms with Crippen molar-refractivity contribution in [3.63, 3.8) is 0 Å². The van der Waals surface area contributed by atoms with Crippen LogP contribution in [0.3, 0.4) is 0 Å². The summed E-state index contributed by atoms with van der Waals surface area (Å²) in [5.74, 6) is 1.86. The molecule has 100 valence electrons. The molecular weight excluding hydrogens is 259 g/mol. The lowest BCUT2D eigenvalue weighted by Gasteiger charge is -2.17. The fourth-order valence-electron chi connectivity index (χ4n) is 2.29. The van der Waals surface area contributed by atoms with Crippen molar-refractivity contribution in [2.45, 2.75) is 0 Å². The highest BCUT2D eigenvalue weighted by Crippen LogP contribution is 2.34. The van der Waals surface area contributed by atoms with Gasteiger partial charge in [0, 0.05) is 17.7 Å². The van der Waals surface area contributed by atoms with Crippen LogP contribution >= 0.6 is 0 Å². The zero-order valence-electron chi connectivity index (χ0n) is 10.5. The monoisotopic (exact) mass is 270 g/mol. The number of nitrogens with zero attached hydrogens (tertiary/aromatic N) is 1. The van der Waals surface area contributed by atoms with Crippen molar-refractivity contribution >= 4 is 11.0 Å². The van der Waals surface area contributed by atoms with Gasteiger partial charge in [-0.05, 0) is 24.3 Å².